The lowest BCUT2D eigenvalue weighted by Gasteiger charge is -2.01. The molecule has 0 bridgehead atoms. The maximum Gasteiger partial charge on any atom is 0.333 e. The summed E-state index contributed by atoms with van der Waals surface area (Å²) in [7, 11) is 0. The minimum atomic E-state index is -0.387. The average Bonchev–Trinajstić information content (AvgIpc) is 2.24. The van der Waals surface area contributed by atoms with E-state index in [2.05, 4.69) is 0 Å². The van der Waals surface area contributed by atoms with Crippen molar-refractivity contribution in [3.8, 4) is 12.1 Å². The van der Waals surface area contributed by atoms with Crippen LogP contribution in [0.25, 0.3) is 0 Å². The number of nitriles is 2. The first-order valence-electron chi connectivity index (χ1n) is 4.80. The van der Waals surface area contributed by atoms with E-state index >= 15 is 0 Å². The third-order valence-corrected chi connectivity index (χ3v) is 1.71. The third-order valence-electron chi connectivity index (χ3n) is 1.71. The van der Waals surface area contributed by atoms with Crippen LogP contribution in [-0.2, 0) is 9.53 Å². The predicted octanol–water partition coefficient (Wildman–Crippen LogP) is 2.08. The molecular formula is C11H14N2O2. The first-order chi connectivity index (χ1) is 7.22. The second kappa shape index (κ2) is 8.77. The van der Waals surface area contributed by atoms with Gasteiger partial charge < -0.3 is 4.74 Å². The number of ether oxygens (including phenoxy) is 1. The number of rotatable bonds is 6. The number of allylic oxidation sites excluding steroid dienone is 1. The number of hydrogen-bond acceptors (Lipinski definition) is 4. The van der Waals surface area contributed by atoms with E-state index in [1.165, 1.54) is 0 Å². The number of carbonyl (C=O) groups is 1. The molecule has 0 aromatic rings. The van der Waals surface area contributed by atoms with Crippen molar-refractivity contribution in [1.29, 1.82) is 10.5 Å². The van der Waals surface area contributed by atoms with Gasteiger partial charge in [0.2, 0.25) is 0 Å². The minimum Gasteiger partial charge on any atom is -0.461 e. The Hall–Kier alpha value is -1.81. The van der Waals surface area contributed by atoms with Gasteiger partial charge in [0, 0.05) is 12.0 Å². The Labute approximate surface area is 89.8 Å². The van der Waals surface area contributed by atoms with Crippen molar-refractivity contribution >= 4 is 5.97 Å². The SMILES string of the molecule is CC(=CCCCC#N)C(=O)OCCC#N. The van der Waals surface area contributed by atoms with Crippen molar-refractivity contribution in [2.24, 2.45) is 0 Å². The summed E-state index contributed by atoms with van der Waals surface area (Å²) in [5.41, 5.74) is 0.533. The molecule has 0 fully saturated rings. The van der Waals surface area contributed by atoms with Crippen molar-refractivity contribution in [1.82, 2.24) is 0 Å². The summed E-state index contributed by atoms with van der Waals surface area (Å²) in [6.45, 7) is 1.81. The molecule has 0 saturated carbocycles. The summed E-state index contributed by atoms with van der Waals surface area (Å²) < 4.78 is 4.81. The maximum atomic E-state index is 11.2. The fourth-order valence-electron chi connectivity index (χ4n) is 0.886. The quantitative estimate of drug-likeness (QED) is 0.379. The molecule has 0 heterocycles. The molecule has 15 heavy (non-hydrogen) atoms. The number of esters is 1. The average molecular weight is 206 g/mol. The molecule has 0 N–H and O–H groups in total. The van der Waals surface area contributed by atoms with Gasteiger partial charge in [-0.3, -0.25) is 0 Å². The number of nitrogens with zero attached hydrogens (tertiary/aromatic N) is 2. The van der Waals surface area contributed by atoms with Crippen molar-refractivity contribution in [2.75, 3.05) is 6.61 Å². The van der Waals surface area contributed by atoms with E-state index in [1.807, 2.05) is 12.1 Å². The molecule has 0 aliphatic carbocycles. The largest absolute Gasteiger partial charge is 0.461 e. The van der Waals surface area contributed by atoms with Gasteiger partial charge in [-0.05, 0) is 19.8 Å². The molecule has 0 aromatic heterocycles. The molecule has 4 nitrogen and oxygen atoms in total. The fraction of sp³-hybridized carbons (Fsp3) is 0.545. The van der Waals surface area contributed by atoms with E-state index in [0.717, 1.165) is 6.42 Å². The van der Waals surface area contributed by atoms with Gasteiger partial charge in [-0.1, -0.05) is 6.08 Å². The van der Waals surface area contributed by atoms with Crippen LogP contribution in [0.1, 0.15) is 32.6 Å². The first kappa shape index (κ1) is 13.2. The fourth-order valence-corrected chi connectivity index (χ4v) is 0.886. The normalized spacial score (nSPS) is 10.2. The van der Waals surface area contributed by atoms with E-state index in [4.69, 9.17) is 15.3 Å². The van der Waals surface area contributed by atoms with Crippen molar-refractivity contribution in [3.05, 3.63) is 11.6 Å². The van der Waals surface area contributed by atoms with Gasteiger partial charge in [0.25, 0.3) is 0 Å². The van der Waals surface area contributed by atoms with Crippen LogP contribution in [0.5, 0.6) is 0 Å². The summed E-state index contributed by atoms with van der Waals surface area (Å²) in [6, 6.07) is 3.92. The highest BCUT2D eigenvalue weighted by molar-refractivity contribution is 5.87. The molecule has 0 aliphatic heterocycles. The Morgan fingerprint density at radius 3 is 2.60 bits per heavy atom. The smallest absolute Gasteiger partial charge is 0.333 e. The van der Waals surface area contributed by atoms with Gasteiger partial charge in [0.15, 0.2) is 0 Å². The van der Waals surface area contributed by atoms with Gasteiger partial charge in [-0.2, -0.15) is 10.5 Å². The highest BCUT2D eigenvalue weighted by atomic mass is 16.5. The summed E-state index contributed by atoms with van der Waals surface area (Å²) in [5.74, 6) is -0.387. The molecule has 0 amide bonds. The summed E-state index contributed by atoms with van der Waals surface area (Å²) in [4.78, 5) is 11.2. The van der Waals surface area contributed by atoms with Gasteiger partial charge in [0.1, 0.15) is 6.61 Å². The Morgan fingerprint density at radius 1 is 1.33 bits per heavy atom. The van der Waals surface area contributed by atoms with Crippen LogP contribution in [0.3, 0.4) is 0 Å². The van der Waals surface area contributed by atoms with Crippen LogP contribution in [0, 0.1) is 22.7 Å². The van der Waals surface area contributed by atoms with Crippen molar-refractivity contribution in [2.45, 2.75) is 32.6 Å². The molecule has 0 aromatic carbocycles. The molecule has 0 radical (unpaired) electrons. The number of hydrogen-bond donors (Lipinski definition) is 0. The summed E-state index contributed by atoms with van der Waals surface area (Å²) in [6.07, 6.45) is 3.92. The molecule has 0 spiro atoms. The van der Waals surface area contributed by atoms with Crippen LogP contribution in [0.4, 0.5) is 0 Å². The predicted molar refractivity (Wildman–Crippen MR) is 54.4 cm³/mol. The van der Waals surface area contributed by atoms with Gasteiger partial charge in [-0.25, -0.2) is 4.79 Å². The van der Waals surface area contributed by atoms with E-state index < -0.39 is 0 Å². The first-order valence-corrected chi connectivity index (χ1v) is 4.80. The molecule has 4 heteroatoms. The van der Waals surface area contributed by atoms with Gasteiger partial charge in [0.05, 0.1) is 18.6 Å². The lowest BCUT2D eigenvalue weighted by Crippen LogP contribution is -2.06. The topological polar surface area (TPSA) is 73.9 Å². The van der Waals surface area contributed by atoms with Crippen LogP contribution < -0.4 is 0 Å². The van der Waals surface area contributed by atoms with Crippen LogP contribution in [0.2, 0.25) is 0 Å². The minimum absolute atomic E-state index is 0.138. The highest BCUT2D eigenvalue weighted by Gasteiger charge is 2.03. The molecular weight excluding hydrogens is 192 g/mol. The Kier molecular flexibility index (Phi) is 7.71. The maximum absolute atomic E-state index is 11.2. The lowest BCUT2D eigenvalue weighted by molar-refractivity contribution is -0.138. The zero-order valence-electron chi connectivity index (χ0n) is 8.82. The molecule has 0 atom stereocenters. The Balaban J connectivity index is 3.78. The van der Waals surface area contributed by atoms with Crippen molar-refractivity contribution < 1.29 is 9.53 Å². The second-order valence-corrected chi connectivity index (χ2v) is 2.98. The summed E-state index contributed by atoms with van der Waals surface area (Å²) >= 11 is 0. The van der Waals surface area contributed by atoms with E-state index in [-0.39, 0.29) is 19.0 Å². The van der Waals surface area contributed by atoms with Crippen LogP contribution >= 0.6 is 0 Å². The monoisotopic (exact) mass is 206 g/mol. The van der Waals surface area contributed by atoms with Gasteiger partial charge in [-0.15, -0.1) is 0 Å². The molecule has 0 rings (SSSR count). The summed E-state index contributed by atoms with van der Waals surface area (Å²) in [5, 5.41) is 16.5. The van der Waals surface area contributed by atoms with E-state index in [0.29, 0.717) is 18.4 Å². The van der Waals surface area contributed by atoms with Crippen LogP contribution in [0.15, 0.2) is 11.6 Å². The highest BCUT2D eigenvalue weighted by Crippen LogP contribution is 2.03. The van der Waals surface area contributed by atoms with E-state index in [1.54, 1.807) is 13.0 Å². The number of unbranched alkanes of at least 4 members (excludes halogenated alkanes) is 2. The molecule has 80 valence electrons. The Bertz CT molecular complexity index is 308. The lowest BCUT2D eigenvalue weighted by atomic mass is 10.2. The van der Waals surface area contributed by atoms with E-state index in [9.17, 15) is 4.79 Å². The third kappa shape index (κ3) is 7.28. The Morgan fingerprint density at radius 2 is 2.00 bits per heavy atom. The standard InChI is InChI=1S/C11H14N2O2/c1-10(6-3-2-4-7-12)11(14)15-9-5-8-13/h6H,2-5,9H2,1H3. The zero-order chi connectivity index (χ0) is 11.5. The molecule has 0 unspecified atom stereocenters. The number of carbonyl (C=O) groups excluding carboxylic acids is 1. The second-order valence-electron chi connectivity index (χ2n) is 2.98. The molecule has 0 aliphatic rings. The zero-order valence-corrected chi connectivity index (χ0v) is 8.82. The van der Waals surface area contributed by atoms with Crippen molar-refractivity contribution in [3.63, 3.8) is 0 Å². The van der Waals surface area contributed by atoms with Gasteiger partial charge >= 0.3 is 5.97 Å². The van der Waals surface area contributed by atoms with Crippen LogP contribution in [-0.4, -0.2) is 12.6 Å². The molecule has 0 saturated heterocycles.